The molecule has 7 nitrogen and oxygen atoms in total. The van der Waals surface area contributed by atoms with Gasteiger partial charge in [0.1, 0.15) is 13.2 Å². The van der Waals surface area contributed by atoms with Crippen LogP contribution in [0, 0.1) is 0 Å². The minimum absolute atomic E-state index is 0.335. The van der Waals surface area contributed by atoms with Gasteiger partial charge in [0.15, 0.2) is 18.1 Å². The van der Waals surface area contributed by atoms with E-state index in [1.165, 1.54) is 6.08 Å². The fourth-order valence-corrected chi connectivity index (χ4v) is 3.25. The smallest absolute Gasteiger partial charge is 0.331 e. The molecule has 0 unspecified atom stereocenters. The number of nitrogens with one attached hydrogen (secondary N) is 1. The van der Waals surface area contributed by atoms with Crippen LogP contribution >= 0.6 is 0 Å². The first-order chi connectivity index (χ1) is 15.2. The first-order valence-corrected chi connectivity index (χ1v) is 10.0. The zero-order valence-corrected chi connectivity index (χ0v) is 16.9. The Bertz CT molecular complexity index is 1120. The van der Waals surface area contributed by atoms with Gasteiger partial charge in [-0.2, -0.15) is 0 Å². The second-order valence-corrected chi connectivity index (χ2v) is 6.94. The summed E-state index contributed by atoms with van der Waals surface area (Å²) in [5.74, 6) is 0.511. The average Bonchev–Trinajstić information content (AvgIpc) is 2.81. The van der Waals surface area contributed by atoms with Crippen molar-refractivity contribution < 1.29 is 23.8 Å². The first-order valence-electron chi connectivity index (χ1n) is 10.0. The van der Waals surface area contributed by atoms with Crippen LogP contribution in [0.15, 0.2) is 60.8 Å². The summed E-state index contributed by atoms with van der Waals surface area (Å²) in [6.45, 7) is 1.17. The number of aromatic nitrogens is 1. The molecule has 0 radical (unpaired) electrons. The van der Waals surface area contributed by atoms with Gasteiger partial charge in [0.2, 0.25) is 0 Å². The van der Waals surface area contributed by atoms with E-state index in [1.54, 1.807) is 12.3 Å². The van der Waals surface area contributed by atoms with Crippen molar-refractivity contribution in [1.29, 1.82) is 0 Å². The van der Waals surface area contributed by atoms with Crippen molar-refractivity contribution in [1.82, 2.24) is 10.3 Å². The number of benzene rings is 2. The Kier molecular flexibility index (Phi) is 6.42. The number of carbonyl (C=O) groups excluding carboxylic acids is 2. The number of hydrogen-bond donors (Lipinski definition) is 1. The van der Waals surface area contributed by atoms with Crippen LogP contribution in [0.3, 0.4) is 0 Å². The van der Waals surface area contributed by atoms with Gasteiger partial charge in [0.25, 0.3) is 5.91 Å². The quantitative estimate of drug-likeness (QED) is 0.469. The average molecular weight is 418 g/mol. The van der Waals surface area contributed by atoms with E-state index in [2.05, 4.69) is 10.3 Å². The van der Waals surface area contributed by atoms with E-state index in [0.717, 1.165) is 33.5 Å². The second kappa shape index (κ2) is 9.75. The number of fused-ring (bicyclic) bond motifs is 2. The lowest BCUT2D eigenvalue weighted by atomic mass is 10.1. The van der Waals surface area contributed by atoms with Gasteiger partial charge in [-0.25, -0.2) is 4.79 Å². The van der Waals surface area contributed by atoms with Crippen LogP contribution in [0.1, 0.15) is 11.1 Å². The lowest BCUT2D eigenvalue weighted by Crippen LogP contribution is -2.30. The summed E-state index contributed by atoms with van der Waals surface area (Å²) in [6.07, 6.45) is 5.26. The molecule has 0 saturated heterocycles. The molecule has 31 heavy (non-hydrogen) atoms. The summed E-state index contributed by atoms with van der Waals surface area (Å²) < 4.78 is 16.1. The fourth-order valence-electron chi connectivity index (χ4n) is 3.25. The monoisotopic (exact) mass is 418 g/mol. The Labute approximate surface area is 179 Å². The summed E-state index contributed by atoms with van der Waals surface area (Å²) in [5, 5.41) is 3.72. The van der Waals surface area contributed by atoms with Crippen LogP contribution in [0.4, 0.5) is 0 Å². The molecule has 1 aliphatic heterocycles. The molecule has 1 aromatic heterocycles. The van der Waals surface area contributed by atoms with Crippen LogP contribution in [-0.2, 0) is 20.7 Å². The Hall–Kier alpha value is -3.87. The number of rotatable bonds is 7. The highest BCUT2D eigenvalue weighted by molar-refractivity contribution is 5.93. The van der Waals surface area contributed by atoms with E-state index in [1.807, 2.05) is 48.5 Å². The van der Waals surface area contributed by atoms with Gasteiger partial charge in [-0.05, 0) is 36.3 Å². The topological polar surface area (TPSA) is 86.8 Å². The molecule has 0 atom stereocenters. The molecular weight excluding hydrogens is 396 g/mol. The zero-order valence-electron chi connectivity index (χ0n) is 16.9. The van der Waals surface area contributed by atoms with E-state index >= 15 is 0 Å². The number of ether oxygens (including phenoxy) is 3. The third-order valence-electron chi connectivity index (χ3n) is 4.75. The molecule has 2 heterocycles. The van der Waals surface area contributed by atoms with Gasteiger partial charge in [-0.15, -0.1) is 0 Å². The van der Waals surface area contributed by atoms with E-state index in [0.29, 0.717) is 26.2 Å². The highest BCUT2D eigenvalue weighted by Gasteiger charge is 2.12. The SMILES string of the molecule is O=C(COC(=O)/C=C/c1cccc2cccnc12)NCCc1ccc2c(c1)OCCO2. The van der Waals surface area contributed by atoms with E-state index in [9.17, 15) is 9.59 Å². The molecular formula is C24H22N2O5. The Morgan fingerprint density at radius 3 is 2.81 bits per heavy atom. The Balaban J connectivity index is 1.21. The molecule has 0 fully saturated rings. The molecule has 2 aromatic carbocycles. The van der Waals surface area contributed by atoms with E-state index < -0.39 is 5.97 Å². The van der Waals surface area contributed by atoms with Crippen molar-refractivity contribution in [3.05, 3.63) is 71.9 Å². The molecule has 0 bridgehead atoms. The number of nitrogens with zero attached hydrogens (tertiary/aromatic N) is 1. The highest BCUT2D eigenvalue weighted by Crippen LogP contribution is 2.30. The third-order valence-corrected chi connectivity index (χ3v) is 4.75. The second-order valence-electron chi connectivity index (χ2n) is 6.94. The number of esters is 1. The molecule has 1 aliphatic rings. The number of hydrogen-bond acceptors (Lipinski definition) is 6. The fraction of sp³-hybridized carbons (Fsp3) is 0.208. The Morgan fingerprint density at radius 2 is 1.90 bits per heavy atom. The van der Waals surface area contributed by atoms with Crippen molar-refractivity contribution in [3.8, 4) is 11.5 Å². The largest absolute Gasteiger partial charge is 0.486 e. The minimum Gasteiger partial charge on any atom is -0.486 e. The molecule has 0 spiro atoms. The van der Waals surface area contributed by atoms with Gasteiger partial charge < -0.3 is 19.5 Å². The van der Waals surface area contributed by atoms with Crippen LogP contribution in [0.25, 0.3) is 17.0 Å². The number of carbonyl (C=O) groups is 2. The maximum Gasteiger partial charge on any atom is 0.331 e. The molecule has 7 heteroatoms. The summed E-state index contributed by atoms with van der Waals surface area (Å²) in [4.78, 5) is 28.2. The normalized spacial score (nSPS) is 12.6. The molecule has 1 amide bonds. The number of para-hydroxylation sites is 1. The van der Waals surface area contributed by atoms with Crippen molar-refractivity contribution >= 4 is 28.9 Å². The van der Waals surface area contributed by atoms with Crippen molar-refractivity contribution in [2.24, 2.45) is 0 Å². The van der Waals surface area contributed by atoms with Gasteiger partial charge in [0, 0.05) is 29.8 Å². The molecule has 1 N–H and O–H groups in total. The van der Waals surface area contributed by atoms with Gasteiger partial charge in [0.05, 0.1) is 5.52 Å². The molecule has 4 rings (SSSR count). The number of pyridine rings is 1. The maximum atomic E-state index is 12.0. The molecule has 158 valence electrons. The standard InChI is InChI=1S/C24H22N2O5/c27-22(25-12-10-17-6-8-20-21(15-17)30-14-13-29-20)16-31-23(28)9-7-19-4-1-3-18-5-2-11-26-24(18)19/h1-9,11,15H,10,12-14,16H2,(H,25,27)/b9-7+. The highest BCUT2D eigenvalue weighted by atomic mass is 16.6. The maximum absolute atomic E-state index is 12.0. The first kappa shape index (κ1) is 20.4. The summed E-state index contributed by atoms with van der Waals surface area (Å²) >= 11 is 0. The molecule has 3 aromatic rings. The van der Waals surface area contributed by atoms with Crippen molar-refractivity contribution in [2.75, 3.05) is 26.4 Å². The summed E-state index contributed by atoms with van der Waals surface area (Å²) in [5.41, 5.74) is 2.62. The van der Waals surface area contributed by atoms with Crippen LogP contribution < -0.4 is 14.8 Å². The number of amides is 1. The third kappa shape index (κ3) is 5.39. The lowest BCUT2D eigenvalue weighted by Gasteiger charge is -2.18. The van der Waals surface area contributed by atoms with Gasteiger partial charge in [-0.1, -0.05) is 30.3 Å². The van der Waals surface area contributed by atoms with Gasteiger partial charge >= 0.3 is 5.97 Å². The summed E-state index contributed by atoms with van der Waals surface area (Å²) in [6, 6.07) is 15.2. The van der Waals surface area contributed by atoms with Crippen LogP contribution in [0.5, 0.6) is 11.5 Å². The molecule has 0 saturated carbocycles. The lowest BCUT2D eigenvalue weighted by molar-refractivity contribution is -0.143. The zero-order chi connectivity index (χ0) is 21.5. The Morgan fingerprint density at radius 1 is 1.06 bits per heavy atom. The van der Waals surface area contributed by atoms with Crippen LogP contribution in [0.2, 0.25) is 0 Å². The van der Waals surface area contributed by atoms with E-state index in [4.69, 9.17) is 14.2 Å². The van der Waals surface area contributed by atoms with Crippen molar-refractivity contribution in [2.45, 2.75) is 6.42 Å². The van der Waals surface area contributed by atoms with Crippen molar-refractivity contribution in [3.63, 3.8) is 0 Å². The molecule has 0 aliphatic carbocycles. The van der Waals surface area contributed by atoms with Crippen LogP contribution in [-0.4, -0.2) is 43.2 Å². The minimum atomic E-state index is -0.588. The van der Waals surface area contributed by atoms with Gasteiger partial charge in [-0.3, -0.25) is 9.78 Å². The predicted octanol–water partition coefficient (Wildman–Crippen LogP) is 2.92. The van der Waals surface area contributed by atoms with E-state index in [-0.39, 0.29) is 12.5 Å². The summed E-state index contributed by atoms with van der Waals surface area (Å²) in [7, 11) is 0. The predicted molar refractivity (Wildman–Crippen MR) is 116 cm³/mol.